The molecule has 0 fully saturated rings. The highest BCUT2D eigenvalue weighted by atomic mass is 32.2. The molecule has 0 aliphatic rings. The van der Waals surface area contributed by atoms with Crippen molar-refractivity contribution in [2.45, 2.75) is 11.6 Å². The number of hydrogen-bond donors (Lipinski definition) is 0. The minimum absolute atomic E-state index is 0.260. The van der Waals surface area contributed by atoms with Crippen LogP contribution < -0.4 is 4.74 Å². The lowest BCUT2D eigenvalue weighted by molar-refractivity contribution is 0.318. The zero-order chi connectivity index (χ0) is 19.2. The van der Waals surface area contributed by atoms with Crippen molar-refractivity contribution in [1.82, 2.24) is 14.8 Å². The van der Waals surface area contributed by atoms with Crippen molar-refractivity contribution in [1.29, 1.82) is 0 Å². The molecule has 7 heteroatoms. The van der Waals surface area contributed by atoms with Gasteiger partial charge in [0.1, 0.15) is 11.6 Å². The molecule has 2 aromatic carbocycles. The van der Waals surface area contributed by atoms with E-state index < -0.39 is 0 Å². The van der Waals surface area contributed by atoms with Crippen LogP contribution in [-0.2, 0) is 0 Å². The molecule has 0 saturated carbocycles. The van der Waals surface area contributed by atoms with Gasteiger partial charge in [-0.25, -0.2) is 4.39 Å². The Balaban J connectivity index is 1.42. The van der Waals surface area contributed by atoms with E-state index in [0.29, 0.717) is 12.4 Å². The fourth-order valence-corrected chi connectivity index (χ4v) is 4.24. The standard InChI is InChI=1S/C21H18FN3OS2/c22-16-9-11-18(12-10-16)26-13-5-15-28-21-24-23-20(19-8-4-14-27-19)25(21)17-6-2-1-3-7-17/h1-4,6-12,14H,5,13,15H2. The lowest BCUT2D eigenvalue weighted by Gasteiger charge is -2.09. The summed E-state index contributed by atoms with van der Waals surface area (Å²) in [5.74, 6) is 2.12. The molecule has 0 amide bonds. The number of ether oxygens (including phenoxy) is 1. The first kappa shape index (κ1) is 18.7. The van der Waals surface area contributed by atoms with Crippen LogP contribution in [-0.4, -0.2) is 27.1 Å². The van der Waals surface area contributed by atoms with Crippen LogP contribution in [0.15, 0.2) is 77.3 Å². The van der Waals surface area contributed by atoms with Crippen molar-refractivity contribution in [2.24, 2.45) is 0 Å². The van der Waals surface area contributed by atoms with E-state index >= 15 is 0 Å². The smallest absolute Gasteiger partial charge is 0.196 e. The molecule has 2 aromatic heterocycles. The van der Waals surface area contributed by atoms with Gasteiger partial charge in [0, 0.05) is 11.4 Å². The van der Waals surface area contributed by atoms with E-state index in [9.17, 15) is 4.39 Å². The van der Waals surface area contributed by atoms with Crippen molar-refractivity contribution >= 4 is 23.1 Å². The Morgan fingerprint density at radius 1 is 0.964 bits per heavy atom. The maximum atomic E-state index is 12.9. The third kappa shape index (κ3) is 4.43. The molecule has 0 aliphatic heterocycles. The molecule has 28 heavy (non-hydrogen) atoms. The van der Waals surface area contributed by atoms with Crippen molar-refractivity contribution in [3.8, 4) is 22.1 Å². The average Bonchev–Trinajstić information content (AvgIpc) is 3.39. The topological polar surface area (TPSA) is 39.9 Å². The monoisotopic (exact) mass is 411 g/mol. The summed E-state index contributed by atoms with van der Waals surface area (Å²) in [6.07, 6.45) is 0.845. The molecule has 0 atom stereocenters. The van der Waals surface area contributed by atoms with Gasteiger partial charge in [-0.3, -0.25) is 4.57 Å². The van der Waals surface area contributed by atoms with Crippen molar-refractivity contribution in [3.05, 3.63) is 77.9 Å². The molecular weight excluding hydrogens is 393 g/mol. The molecule has 4 aromatic rings. The Hall–Kier alpha value is -2.64. The molecule has 0 N–H and O–H groups in total. The van der Waals surface area contributed by atoms with Gasteiger partial charge < -0.3 is 4.74 Å². The van der Waals surface area contributed by atoms with Crippen molar-refractivity contribution in [2.75, 3.05) is 12.4 Å². The Morgan fingerprint density at radius 2 is 1.79 bits per heavy atom. The number of nitrogens with zero attached hydrogens (tertiary/aromatic N) is 3. The van der Waals surface area contributed by atoms with Gasteiger partial charge in [0.25, 0.3) is 0 Å². The largest absolute Gasteiger partial charge is 0.494 e. The summed E-state index contributed by atoms with van der Waals surface area (Å²) < 4.78 is 20.7. The number of thioether (sulfide) groups is 1. The number of aromatic nitrogens is 3. The highest BCUT2D eigenvalue weighted by molar-refractivity contribution is 7.99. The lowest BCUT2D eigenvalue weighted by Crippen LogP contribution is -2.01. The normalized spacial score (nSPS) is 10.9. The second kappa shape index (κ2) is 9.03. The number of thiophene rings is 1. The van der Waals surface area contributed by atoms with Gasteiger partial charge in [0.2, 0.25) is 0 Å². The zero-order valence-corrected chi connectivity index (χ0v) is 16.6. The van der Waals surface area contributed by atoms with Crippen LogP contribution in [0.4, 0.5) is 4.39 Å². The number of benzene rings is 2. The molecule has 4 nitrogen and oxygen atoms in total. The summed E-state index contributed by atoms with van der Waals surface area (Å²) in [7, 11) is 0. The van der Waals surface area contributed by atoms with Gasteiger partial charge in [-0.1, -0.05) is 36.0 Å². The van der Waals surface area contributed by atoms with E-state index in [1.807, 2.05) is 29.6 Å². The Morgan fingerprint density at radius 3 is 2.54 bits per heavy atom. The van der Waals surface area contributed by atoms with Gasteiger partial charge in [-0.15, -0.1) is 21.5 Å². The molecule has 2 heterocycles. The summed E-state index contributed by atoms with van der Waals surface area (Å²) in [5, 5.41) is 11.7. The van der Waals surface area contributed by atoms with E-state index in [0.717, 1.165) is 33.7 Å². The van der Waals surface area contributed by atoms with E-state index in [2.05, 4.69) is 33.0 Å². The van der Waals surface area contributed by atoms with E-state index in [4.69, 9.17) is 4.74 Å². The summed E-state index contributed by atoms with van der Waals surface area (Å²) in [4.78, 5) is 1.09. The Bertz CT molecular complexity index is 1000. The van der Waals surface area contributed by atoms with Crippen LogP contribution in [0.5, 0.6) is 5.75 Å². The van der Waals surface area contributed by atoms with Crippen LogP contribution in [0.3, 0.4) is 0 Å². The summed E-state index contributed by atoms with van der Waals surface area (Å²) >= 11 is 3.30. The number of rotatable bonds is 8. The molecule has 4 rings (SSSR count). The molecule has 0 bridgehead atoms. The third-order valence-electron chi connectivity index (χ3n) is 3.99. The number of para-hydroxylation sites is 1. The minimum Gasteiger partial charge on any atom is -0.494 e. The van der Waals surface area contributed by atoms with E-state index in [1.54, 1.807) is 35.2 Å². The SMILES string of the molecule is Fc1ccc(OCCCSc2nnc(-c3cccs3)n2-c2ccccc2)cc1. The third-order valence-corrected chi connectivity index (χ3v) is 5.87. The highest BCUT2D eigenvalue weighted by Gasteiger charge is 2.16. The molecule has 142 valence electrons. The van der Waals surface area contributed by atoms with Gasteiger partial charge in [-0.2, -0.15) is 0 Å². The van der Waals surface area contributed by atoms with Crippen molar-refractivity contribution in [3.63, 3.8) is 0 Å². The molecule has 0 spiro atoms. The van der Waals surface area contributed by atoms with Gasteiger partial charge in [0.05, 0.1) is 11.5 Å². The fourth-order valence-electron chi connectivity index (χ4n) is 2.68. The highest BCUT2D eigenvalue weighted by Crippen LogP contribution is 2.30. The Labute approximate surface area is 171 Å². The molecule has 0 unspecified atom stereocenters. The summed E-state index contributed by atoms with van der Waals surface area (Å²) in [6.45, 7) is 0.565. The van der Waals surface area contributed by atoms with Crippen molar-refractivity contribution < 1.29 is 9.13 Å². The summed E-state index contributed by atoms with van der Waals surface area (Å²) in [5.41, 5.74) is 1.04. The molecular formula is C21H18FN3OS2. The number of hydrogen-bond acceptors (Lipinski definition) is 5. The fraction of sp³-hybridized carbons (Fsp3) is 0.143. The quantitative estimate of drug-likeness (QED) is 0.276. The zero-order valence-electron chi connectivity index (χ0n) is 15.0. The van der Waals surface area contributed by atoms with Gasteiger partial charge in [-0.05, 0) is 54.3 Å². The van der Waals surface area contributed by atoms with Crippen LogP contribution in [0.1, 0.15) is 6.42 Å². The van der Waals surface area contributed by atoms with Gasteiger partial charge >= 0.3 is 0 Å². The first-order chi connectivity index (χ1) is 13.8. The van der Waals surface area contributed by atoms with E-state index in [1.165, 1.54) is 12.1 Å². The van der Waals surface area contributed by atoms with E-state index in [-0.39, 0.29) is 5.82 Å². The lowest BCUT2D eigenvalue weighted by atomic mass is 10.3. The average molecular weight is 412 g/mol. The van der Waals surface area contributed by atoms with Crippen LogP contribution >= 0.6 is 23.1 Å². The first-order valence-corrected chi connectivity index (χ1v) is 10.7. The minimum atomic E-state index is -0.260. The Kier molecular flexibility index (Phi) is 6.04. The second-order valence-electron chi connectivity index (χ2n) is 5.96. The predicted octanol–water partition coefficient (Wildman–Crippen LogP) is 5.70. The van der Waals surface area contributed by atoms with Crippen LogP contribution in [0.25, 0.3) is 16.4 Å². The van der Waals surface area contributed by atoms with Crippen LogP contribution in [0.2, 0.25) is 0 Å². The molecule has 0 saturated heterocycles. The molecule has 0 aliphatic carbocycles. The first-order valence-electron chi connectivity index (χ1n) is 8.87. The maximum Gasteiger partial charge on any atom is 0.196 e. The molecule has 0 radical (unpaired) electrons. The summed E-state index contributed by atoms with van der Waals surface area (Å²) in [6, 6.07) is 20.3. The maximum absolute atomic E-state index is 12.9. The number of halogens is 1. The predicted molar refractivity (Wildman–Crippen MR) is 112 cm³/mol. The van der Waals surface area contributed by atoms with Gasteiger partial charge in [0.15, 0.2) is 11.0 Å². The van der Waals surface area contributed by atoms with Crippen LogP contribution in [0, 0.1) is 5.82 Å². The second-order valence-corrected chi connectivity index (χ2v) is 7.97.